The maximum atomic E-state index is 12.8. The van der Waals surface area contributed by atoms with E-state index in [1.165, 1.54) is 7.11 Å². The van der Waals surface area contributed by atoms with Crippen LogP contribution in [0.2, 0.25) is 0 Å². The summed E-state index contributed by atoms with van der Waals surface area (Å²) in [6.45, 7) is 3.77. The van der Waals surface area contributed by atoms with Gasteiger partial charge in [0.25, 0.3) is 0 Å². The minimum Gasteiger partial charge on any atom is -0.469 e. The number of methoxy groups -OCH3 is 1. The summed E-state index contributed by atoms with van der Waals surface area (Å²) in [5.74, 6) is 0.0837. The molecule has 1 spiro atoms. The first-order valence-electron chi connectivity index (χ1n) is 8.04. The summed E-state index contributed by atoms with van der Waals surface area (Å²) in [6.07, 6.45) is 3.69. The van der Waals surface area contributed by atoms with Crippen LogP contribution in [-0.4, -0.2) is 49.4 Å². The topological polar surface area (TPSA) is 75.7 Å². The number of carbonyl (C=O) groups excluding carboxylic acids is 3. The monoisotopic (exact) mass is 308 g/mol. The number of hydrogen-bond donors (Lipinski definition) is 1. The summed E-state index contributed by atoms with van der Waals surface area (Å²) in [5.41, 5.74) is -0.407. The van der Waals surface area contributed by atoms with Crippen LogP contribution in [-0.2, 0) is 19.1 Å². The van der Waals surface area contributed by atoms with Crippen molar-refractivity contribution in [3.63, 3.8) is 0 Å². The molecule has 0 aromatic carbocycles. The number of hydrogen-bond acceptors (Lipinski definition) is 4. The lowest BCUT2D eigenvalue weighted by Gasteiger charge is -2.40. The van der Waals surface area contributed by atoms with Gasteiger partial charge in [0.1, 0.15) is 0 Å². The molecule has 6 nitrogen and oxygen atoms in total. The Labute approximate surface area is 130 Å². The highest BCUT2D eigenvalue weighted by Crippen LogP contribution is 2.59. The van der Waals surface area contributed by atoms with Crippen LogP contribution in [0.15, 0.2) is 0 Å². The lowest BCUT2D eigenvalue weighted by Crippen LogP contribution is -2.53. The molecule has 2 saturated heterocycles. The molecule has 22 heavy (non-hydrogen) atoms. The van der Waals surface area contributed by atoms with Gasteiger partial charge in [-0.1, -0.05) is 0 Å². The Balaban J connectivity index is 1.57. The van der Waals surface area contributed by atoms with Crippen LogP contribution in [0.3, 0.4) is 0 Å². The predicted molar refractivity (Wildman–Crippen MR) is 78.7 cm³/mol. The Bertz CT molecular complexity index is 498. The standard InChI is InChI=1S/C16H24N2O4/c1-15(4-3-12(19)17-10-15)14(21)18-7-5-16(6-8-18)9-11(16)13(20)22-2/h11H,3-10H2,1-2H3,(H,17,19). The van der Waals surface area contributed by atoms with Crippen LogP contribution in [0.5, 0.6) is 0 Å². The molecule has 0 aromatic rings. The van der Waals surface area contributed by atoms with Gasteiger partial charge >= 0.3 is 5.97 Å². The van der Waals surface area contributed by atoms with Crippen LogP contribution < -0.4 is 5.32 Å². The number of nitrogens with one attached hydrogen (secondary N) is 1. The third-order valence-corrected chi connectivity index (χ3v) is 5.82. The van der Waals surface area contributed by atoms with Gasteiger partial charge in [-0.25, -0.2) is 0 Å². The van der Waals surface area contributed by atoms with Crippen molar-refractivity contribution < 1.29 is 19.1 Å². The van der Waals surface area contributed by atoms with Gasteiger partial charge in [-0.05, 0) is 38.0 Å². The molecule has 2 atom stereocenters. The zero-order valence-corrected chi connectivity index (χ0v) is 13.3. The van der Waals surface area contributed by atoms with Crippen molar-refractivity contribution in [1.29, 1.82) is 0 Å². The molecule has 3 aliphatic rings. The number of piperidine rings is 2. The third-order valence-electron chi connectivity index (χ3n) is 5.82. The first-order chi connectivity index (χ1) is 10.4. The molecule has 1 saturated carbocycles. The van der Waals surface area contributed by atoms with Crippen molar-refractivity contribution in [3.05, 3.63) is 0 Å². The normalized spacial score (nSPS) is 33.3. The van der Waals surface area contributed by atoms with Crippen molar-refractivity contribution in [2.45, 2.75) is 39.0 Å². The molecular formula is C16H24N2O4. The van der Waals surface area contributed by atoms with E-state index in [9.17, 15) is 14.4 Å². The van der Waals surface area contributed by atoms with Gasteiger partial charge in [-0.3, -0.25) is 14.4 Å². The predicted octanol–water partition coefficient (Wildman–Crippen LogP) is 0.704. The minimum atomic E-state index is -0.482. The van der Waals surface area contributed by atoms with Gasteiger partial charge in [-0.15, -0.1) is 0 Å². The Morgan fingerprint density at radius 2 is 1.95 bits per heavy atom. The van der Waals surface area contributed by atoms with E-state index in [0.717, 1.165) is 19.3 Å². The van der Waals surface area contributed by atoms with E-state index in [4.69, 9.17) is 4.74 Å². The number of esters is 1. The van der Waals surface area contributed by atoms with Gasteiger partial charge in [0, 0.05) is 26.1 Å². The van der Waals surface area contributed by atoms with Crippen LogP contribution in [0, 0.1) is 16.7 Å². The summed E-state index contributed by atoms with van der Waals surface area (Å²) in [5, 5.41) is 2.80. The Kier molecular flexibility index (Phi) is 3.65. The summed E-state index contributed by atoms with van der Waals surface area (Å²) >= 11 is 0. The third kappa shape index (κ3) is 2.48. The highest BCUT2D eigenvalue weighted by molar-refractivity contribution is 5.86. The summed E-state index contributed by atoms with van der Waals surface area (Å²) < 4.78 is 4.84. The SMILES string of the molecule is COC(=O)C1CC12CCN(C(=O)C1(C)CCC(=O)NC1)CC2. The molecule has 2 aliphatic heterocycles. The second kappa shape index (κ2) is 5.25. The zero-order chi connectivity index (χ0) is 16.0. The quantitative estimate of drug-likeness (QED) is 0.762. The maximum Gasteiger partial charge on any atom is 0.309 e. The van der Waals surface area contributed by atoms with E-state index in [2.05, 4.69) is 5.32 Å². The largest absolute Gasteiger partial charge is 0.469 e. The zero-order valence-electron chi connectivity index (χ0n) is 13.3. The average molecular weight is 308 g/mol. The van der Waals surface area contributed by atoms with Gasteiger partial charge in [0.2, 0.25) is 11.8 Å². The fourth-order valence-electron chi connectivity index (χ4n) is 3.96. The van der Waals surface area contributed by atoms with Crippen molar-refractivity contribution in [2.24, 2.45) is 16.7 Å². The fourth-order valence-corrected chi connectivity index (χ4v) is 3.96. The smallest absolute Gasteiger partial charge is 0.309 e. The fraction of sp³-hybridized carbons (Fsp3) is 0.812. The van der Waals surface area contributed by atoms with E-state index in [1.807, 2.05) is 11.8 Å². The van der Waals surface area contributed by atoms with Crippen LogP contribution >= 0.6 is 0 Å². The summed E-state index contributed by atoms with van der Waals surface area (Å²) in [4.78, 5) is 37.6. The maximum absolute atomic E-state index is 12.8. The molecule has 6 heteroatoms. The molecule has 122 valence electrons. The molecule has 3 fully saturated rings. The molecule has 0 aromatic heterocycles. The number of carbonyl (C=O) groups is 3. The van der Waals surface area contributed by atoms with Gasteiger partial charge in [0.15, 0.2) is 0 Å². The van der Waals surface area contributed by atoms with E-state index in [-0.39, 0.29) is 29.1 Å². The Hall–Kier alpha value is -1.59. The minimum absolute atomic E-state index is 0.0271. The lowest BCUT2D eigenvalue weighted by molar-refractivity contribution is -0.146. The molecule has 2 amide bonds. The molecule has 3 rings (SSSR count). The van der Waals surface area contributed by atoms with E-state index >= 15 is 0 Å². The summed E-state index contributed by atoms with van der Waals surface area (Å²) in [7, 11) is 1.44. The number of nitrogens with zero attached hydrogens (tertiary/aromatic N) is 1. The molecule has 2 heterocycles. The van der Waals surface area contributed by atoms with Crippen LogP contribution in [0.25, 0.3) is 0 Å². The number of likely N-dealkylation sites (tertiary alicyclic amines) is 1. The van der Waals surface area contributed by atoms with Gasteiger partial charge < -0.3 is 15.0 Å². The molecule has 0 bridgehead atoms. The second-order valence-electron chi connectivity index (χ2n) is 7.27. The Morgan fingerprint density at radius 3 is 2.50 bits per heavy atom. The lowest BCUT2D eigenvalue weighted by atomic mass is 9.80. The summed E-state index contributed by atoms with van der Waals surface area (Å²) in [6, 6.07) is 0. The van der Waals surface area contributed by atoms with Crippen molar-refractivity contribution in [2.75, 3.05) is 26.7 Å². The van der Waals surface area contributed by atoms with Gasteiger partial charge in [0.05, 0.1) is 18.4 Å². The van der Waals surface area contributed by atoms with Crippen LogP contribution in [0.4, 0.5) is 0 Å². The highest BCUT2D eigenvalue weighted by Gasteiger charge is 2.59. The molecule has 1 aliphatic carbocycles. The van der Waals surface area contributed by atoms with Crippen molar-refractivity contribution >= 4 is 17.8 Å². The van der Waals surface area contributed by atoms with E-state index in [0.29, 0.717) is 32.5 Å². The van der Waals surface area contributed by atoms with Crippen molar-refractivity contribution in [1.82, 2.24) is 10.2 Å². The van der Waals surface area contributed by atoms with E-state index < -0.39 is 5.41 Å². The number of rotatable bonds is 2. The molecule has 2 unspecified atom stereocenters. The average Bonchev–Trinajstić information content (AvgIpc) is 3.23. The molecule has 0 radical (unpaired) electrons. The molecular weight excluding hydrogens is 284 g/mol. The Morgan fingerprint density at radius 1 is 1.27 bits per heavy atom. The first kappa shape index (κ1) is 15.3. The van der Waals surface area contributed by atoms with Gasteiger partial charge in [-0.2, -0.15) is 0 Å². The van der Waals surface area contributed by atoms with Crippen molar-refractivity contribution in [3.8, 4) is 0 Å². The highest BCUT2D eigenvalue weighted by atomic mass is 16.5. The molecule has 1 N–H and O–H groups in total. The second-order valence-corrected chi connectivity index (χ2v) is 7.27. The van der Waals surface area contributed by atoms with Crippen LogP contribution in [0.1, 0.15) is 39.0 Å². The first-order valence-corrected chi connectivity index (χ1v) is 8.04. The number of amides is 2. The van der Waals surface area contributed by atoms with E-state index in [1.54, 1.807) is 0 Å². The number of ether oxygens (including phenoxy) is 1.